The normalized spacial score (nSPS) is 24.0. The fraction of sp³-hybridized carbons (Fsp3) is 0.625. The predicted molar refractivity (Wildman–Crippen MR) is 98.1 cm³/mol. The van der Waals surface area contributed by atoms with Crippen molar-refractivity contribution in [3.05, 3.63) is 34.1 Å². The zero-order valence-corrected chi connectivity index (χ0v) is 15.8. The van der Waals surface area contributed by atoms with E-state index in [-0.39, 0.29) is 5.82 Å². The summed E-state index contributed by atoms with van der Waals surface area (Å²) in [7, 11) is 0. The first-order valence-corrected chi connectivity index (χ1v) is 10.4. The van der Waals surface area contributed by atoms with E-state index in [0.717, 1.165) is 23.9 Å². The van der Waals surface area contributed by atoms with Crippen LogP contribution in [0.3, 0.4) is 0 Å². The molecule has 0 aromatic heterocycles. The van der Waals surface area contributed by atoms with Crippen LogP contribution in [0.2, 0.25) is 0 Å². The third-order valence-corrected chi connectivity index (χ3v) is 7.73. The molecule has 0 aliphatic carbocycles. The van der Waals surface area contributed by atoms with Crippen molar-refractivity contribution in [2.75, 3.05) is 18.1 Å². The van der Waals surface area contributed by atoms with E-state index in [9.17, 15) is 4.39 Å². The van der Waals surface area contributed by atoms with Gasteiger partial charge in [-0.25, -0.2) is 4.39 Å². The quantitative estimate of drug-likeness (QED) is 0.751. The Labute approximate surface area is 144 Å². The zero-order valence-electron chi connectivity index (χ0n) is 12.6. The van der Waals surface area contributed by atoms with Crippen molar-refractivity contribution in [3.63, 3.8) is 0 Å². The molecule has 1 N–H and O–H groups in total. The molecule has 0 amide bonds. The lowest BCUT2D eigenvalue weighted by molar-refractivity contribution is 0.485. The van der Waals surface area contributed by atoms with Crippen molar-refractivity contribution in [1.82, 2.24) is 5.32 Å². The number of hydrogen-bond acceptors (Lipinski definition) is 3. The van der Waals surface area contributed by atoms with Crippen LogP contribution in [-0.4, -0.2) is 34.6 Å². The second kappa shape index (κ2) is 8.80. The monoisotopic (exact) mass is 391 g/mol. The van der Waals surface area contributed by atoms with Crippen molar-refractivity contribution < 1.29 is 4.39 Å². The van der Waals surface area contributed by atoms with Gasteiger partial charge in [-0.3, -0.25) is 0 Å². The molecule has 118 valence electrons. The fourth-order valence-electron chi connectivity index (χ4n) is 2.65. The summed E-state index contributed by atoms with van der Waals surface area (Å²) in [5, 5.41) is 4.99. The Kier molecular flexibility index (Phi) is 7.39. The third-order valence-electron chi connectivity index (χ3n) is 3.75. The average Bonchev–Trinajstić information content (AvgIpc) is 2.46. The zero-order chi connectivity index (χ0) is 15.2. The van der Waals surface area contributed by atoms with E-state index in [0.29, 0.717) is 16.5 Å². The van der Waals surface area contributed by atoms with Crippen LogP contribution in [0.15, 0.2) is 22.7 Å². The highest BCUT2D eigenvalue weighted by Crippen LogP contribution is 2.34. The molecule has 3 unspecified atom stereocenters. The molecule has 1 aliphatic heterocycles. The molecule has 0 bridgehead atoms. The number of rotatable bonds is 6. The molecule has 1 aromatic rings. The summed E-state index contributed by atoms with van der Waals surface area (Å²) < 4.78 is 14.1. The Morgan fingerprint density at radius 1 is 1.38 bits per heavy atom. The van der Waals surface area contributed by atoms with Gasteiger partial charge in [0, 0.05) is 32.5 Å². The van der Waals surface area contributed by atoms with Gasteiger partial charge in [0.05, 0.1) is 0 Å². The molecule has 21 heavy (non-hydrogen) atoms. The minimum atomic E-state index is -0.181. The average molecular weight is 392 g/mol. The van der Waals surface area contributed by atoms with Gasteiger partial charge in [0.2, 0.25) is 0 Å². The smallest absolute Gasteiger partial charge is 0.124 e. The number of nitrogens with one attached hydrogen (secondary N) is 1. The van der Waals surface area contributed by atoms with Gasteiger partial charge in [0.1, 0.15) is 5.82 Å². The van der Waals surface area contributed by atoms with Crippen LogP contribution in [0.25, 0.3) is 0 Å². The highest BCUT2D eigenvalue weighted by atomic mass is 79.9. The van der Waals surface area contributed by atoms with E-state index in [1.54, 1.807) is 12.1 Å². The van der Waals surface area contributed by atoms with E-state index in [4.69, 9.17) is 0 Å². The summed E-state index contributed by atoms with van der Waals surface area (Å²) >= 11 is 7.66. The van der Waals surface area contributed by atoms with E-state index in [1.807, 2.05) is 6.07 Å². The molecular formula is C16H23BrFNS2. The second-order valence-corrected chi connectivity index (χ2v) is 9.04. The van der Waals surface area contributed by atoms with Crippen molar-refractivity contribution >= 4 is 39.5 Å². The SMILES string of the molecule is CCCNC(Cc1ccc(F)cc1Br)C1SCCSC1C. The predicted octanol–water partition coefficient (Wildman–Crippen LogP) is 4.74. The maximum atomic E-state index is 13.3. The molecular weight excluding hydrogens is 369 g/mol. The van der Waals surface area contributed by atoms with Gasteiger partial charge in [-0.15, -0.1) is 0 Å². The van der Waals surface area contributed by atoms with Crippen molar-refractivity contribution in [1.29, 1.82) is 0 Å². The molecule has 1 heterocycles. The fourth-order valence-corrected chi connectivity index (χ4v) is 6.12. The van der Waals surface area contributed by atoms with Crippen LogP contribution in [-0.2, 0) is 6.42 Å². The lowest BCUT2D eigenvalue weighted by Crippen LogP contribution is -2.46. The first kappa shape index (κ1) is 17.6. The lowest BCUT2D eigenvalue weighted by Gasteiger charge is -2.35. The maximum Gasteiger partial charge on any atom is 0.124 e. The molecule has 0 radical (unpaired) electrons. The molecule has 0 saturated carbocycles. The van der Waals surface area contributed by atoms with E-state index in [1.165, 1.54) is 17.1 Å². The molecule has 1 aliphatic rings. The van der Waals surface area contributed by atoms with Crippen LogP contribution in [0.5, 0.6) is 0 Å². The van der Waals surface area contributed by atoms with Gasteiger partial charge in [-0.2, -0.15) is 23.5 Å². The molecule has 1 nitrogen and oxygen atoms in total. The van der Waals surface area contributed by atoms with Gasteiger partial charge in [-0.05, 0) is 37.1 Å². The van der Waals surface area contributed by atoms with Crippen LogP contribution >= 0.6 is 39.5 Å². The number of halogens is 2. The third kappa shape index (κ3) is 5.15. The number of hydrogen-bond donors (Lipinski definition) is 1. The first-order valence-electron chi connectivity index (χ1n) is 7.52. The Hall–Kier alpha value is 0.290. The van der Waals surface area contributed by atoms with Gasteiger partial charge >= 0.3 is 0 Å². The minimum Gasteiger partial charge on any atom is -0.313 e. The van der Waals surface area contributed by atoms with Crippen molar-refractivity contribution in [2.24, 2.45) is 0 Å². The topological polar surface area (TPSA) is 12.0 Å². The standard InChI is InChI=1S/C16H23BrFNS2/c1-3-6-19-15(16-11(2)20-7-8-21-16)9-12-4-5-13(18)10-14(12)17/h4-5,10-11,15-16,19H,3,6-9H2,1-2H3. The van der Waals surface area contributed by atoms with Crippen LogP contribution in [0.1, 0.15) is 25.8 Å². The van der Waals surface area contributed by atoms with Crippen molar-refractivity contribution in [2.45, 2.75) is 43.2 Å². The minimum absolute atomic E-state index is 0.181. The summed E-state index contributed by atoms with van der Waals surface area (Å²) in [4.78, 5) is 0. The Morgan fingerprint density at radius 2 is 2.14 bits per heavy atom. The van der Waals surface area contributed by atoms with E-state index < -0.39 is 0 Å². The Balaban J connectivity index is 2.11. The molecule has 1 fully saturated rings. The van der Waals surface area contributed by atoms with E-state index in [2.05, 4.69) is 58.6 Å². The molecule has 0 spiro atoms. The summed E-state index contributed by atoms with van der Waals surface area (Å²) in [5.74, 6) is 2.30. The van der Waals surface area contributed by atoms with Gasteiger partial charge in [0.15, 0.2) is 0 Å². The van der Waals surface area contributed by atoms with Crippen LogP contribution in [0.4, 0.5) is 4.39 Å². The summed E-state index contributed by atoms with van der Waals surface area (Å²) in [6.45, 7) is 5.57. The maximum absolute atomic E-state index is 13.3. The molecule has 2 rings (SSSR count). The largest absolute Gasteiger partial charge is 0.313 e. The van der Waals surface area contributed by atoms with Gasteiger partial charge < -0.3 is 5.32 Å². The molecule has 1 aromatic carbocycles. The Bertz CT molecular complexity index is 458. The molecule has 3 atom stereocenters. The first-order chi connectivity index (χ1) is 10.1. The summed E-state index contributed by atoms with van der Waals surface area (Å²) in [6, 6.07) is 5.48. The van der Waals surface area contributed by atoms with Gasteiger partial charge in [-0.1, -0.05) is 35.8 Å². The second-order valence-electron chi connectivity index (χ2n) is 5.41. The Morgan fingerprint density at radius 3 is 2.81 bits per heavy atom. The molecule has 1 saturated heterocycles. The summed E-state index contributed by atoms with van der Waals surface area (Å²) in [5.41, 5.74) is 1.19. The number of benzene rings is 1. The van der Waals surface area contributed by atoms with Crippen molar-refractivity contribution in [3.8, 4) is 0 Å². The van der Waals surface area contributed by atoms with Gasteiger partial charge in [0.25, 0.3) is 0 Å². The highest BCUT2D eigenvalue weighted by molar-refractivity contribution is 9.10. The summed E-state index contributed by atoms with van der Waals surface area (Å²) in [6.07, 6.45) is 2.09. The van der Waals surface area contributed by atoms with Crippen LogP contribution in [0, 0.1) is 5.82 Å². The van der Waals surface area contributed by atoms with Crippen LogP contribution < -0.4 is 5.32 Å². The van der Waals surface area contributed by atoms with E-state index >= 15 is 0 Å². The molecule has 5 heteroatoms. The lowest BCUT2D eigenvalue weighted by atomic mass is 10.0. The number of thioether (sulfide) groups is 2. The highest BCUT2D eigenvalue weighted by Gasteiger charge is 2.30.